The fourth-order valence-corrected chi connectivity index (χ4v) is 3.64. The number of nitrogens with zero attached hydrogens (tertiary/aromatic N) is 2. The average molecular weight is 450 g/mol. The van der Waals surface area contributed by atoms with Crippen molar-refractivity contribution in [3.63, 3.8) is 0 Å². The standard InChI is InChI=1S/C26H28FN3O3/c27-24-17-22(33-15-12-30-10-13-32-14-11-30)7-8-23(24)25-9-6-21(19-28-25)16-26(31)29-18-20-4-2-1-3-5-20/h1-9,17,19H,10-16,18H2,(H,29,31). The Morgan fingerprint density at radius 2 is 1.88 bits per heavy atom. The Labute approximate surface area is 193 Å². The first kappa shape index (κ1) is 22.9. The molecule has 0 atom stereocenters. The lowest BCUT2D eigenvalue weighted by molar-refractivity contribution is -0.120. The van der Waals surface area contributed by atoms with Crippen molar-refractivity contribution < 1.29 is 18.7 Å². The summed E-state index contributed by atoms with van der Waals surface area (Å²) >= 11 is 0. The second-order valence-electron chi connectivity index (χ2n) is 7.93. The van der Waals surface area contributed by atoms with Crippen LogP contribution in [0.15, 0.2) is 66.9 Å². The third-order valence-corrected chi connectivity index (χ3v) is 5.52. The predicted molar refractivity (Wildman–Crippen MR) is 124 cm³/mol. The number of hydrogen-bond acceptors (Lipinski definition) is 5. The first-order valence-corrected chi connectivity index (χ1v) is 11.2. The normalized spacial score (nSPS) is 14.1. The largest absolute Gasteiger partial charge is 0.492 e. The van der Waals surface area contributed by atoms with Crippen molar-refractivity contribution in [2.45, 2.75) is 13.0 Å². The van der Waals surface area contributed by atoms with Crippen LogP contribution < -0.4 is 10.1 Å². The van der Waals surface area contributed by atoms with Gasteiger partial charge in [-0.15, -0.1) is 0 Å². The summed E-state index contributed by atoms with van der Waals surface area (Å²) in [6.07, 6.45) is 1.84. The van der Waals surface area contributed by atoms with E-state index in [0.29, 0.717) is 30.2 Å². The highest BCUT2D eigenvalue weighted by molar-refractivity contribution is 5.78. The summed E-state index contributed by atoms with van der Waals surface area (Å²) in [7, 11) is 0. The Balaban J connectivity index is 1.28. The molecule has 0 spiro atoms. The Bertz CT molecular complexity index is 1040. The first-order chi connectivity index (χ1) is 16.2. The number of halogens is 1. The van der Waals surface area contributed by atoms with E-state index in [2.05, 4.69) is 15.2 Å². The van der Waals surface area contributed by atoms with Crippen LogP contribution in [0.3, 0.4) is 0 Å². The SMILES string of the molecule is O=C(Cc1ccc(-c2ccc(OCCN3CCOCC3)cc2F)nc1)NCc1ccccc1. The van der Waals surface area contributed by atoms with E-state index in [9.17, 15) is 9.18 Å². The van der Waals surface area contributed by atoms with Gasteiger partial charge in [0, 0.05) is 44.0 Å². The van der Waals surface area contributed by atoms with E-state index in [-0.39, 0.29) is 18.1 Å². The number of rotatable bonds is 9. The van der Waals surface area contributed by atoms with Crippen LogP contribution in [0.1, 0.15) is 11.1 Å². The molecular formula is C26H28FN3O3. The molecule has 1 saturated heterocycles. The molecular weight excluding hydrogens is 421 g/mol. The van der Waals surface area contributed by atoms with Gasteiger partial charge in [-0.3, -0.25) is 14.7 Å². The van der Waals surface area contributed by atoms with E-state index in [0.717, 1.165) is 44.0 Å². The van der Waals surface area contributed by atoms with Gasteiger partial charge in [0.05, 0.1) is 25.3 Å². The van der Waals surface area contributed by atoms with E-state index in [4.69, 9.17) is 9.47 Å². The average Bonchev–Trinajstić information content (AvgIpc) is 2.85. The minimum atomic E-state index is -0.389. The van der Waals surface area contributed by atoms with Crippen molar-refractivity contribution in [3.05, 3.63) is 83.8 Å². The molecule has 1 aliphatic heterocycles. The molecule has 1 fully saturated rings. The van der Waals surface area contributed by atoms with Gasteiger partial charge in [0.2, 0.25) is 5.91 Å². The van der Waals surface area contributed by atoms with Crippen LogP contribution in [-0.2, 0) is 22.5 Å². The lowest BCUT2D eigenvalue weighted by Gasteiger charge is -2.26. The van der Waals surface area contributed by atoms with Crippen molar-refractivity contribution in [1.82, 2.24) is 15.2 Å². The Morgan fingerprint density at radius 3 is 2.61 bits per heavy atom. The number of carbonyl (C=O) groups is 1. The highest BCUT2D eigenvalue weighted by Crippen LogP contribution is 2.25. The van der Waals surface area contributed by atoms with Gasteiger partial charge in [0.1, 0.15) is 18.2 Å². The zero-order valence-electron chi connectivity index (χ0n) is 18.5. The maximum absolute atomic E-state index is 14.7. The molecule has 0 radical (unpaired) electrons. The summed E-state index contributed by atoms with van der Waals surface area (Å²) in [6, 6.07) is 18.1. The third-order valence-electron chi connectivity index (χ3n) is 5.52. The molecule has 0 aliphatic carbocycles. The monoisotopic (exact) mass is 449 g/mol. The fraction of sp³-hybridized carbons (Fsp3) is 0.308. The second-order valence-corrected chi connectivity index (χ2v) is 7.93. The first-order valence-electron chi connectivity index (χ1n) is 11.2. The summed E-state index contributed by atoms with van der Waals surface area (Å²) in [6.45, 7) is 5.05. The van der Waals surface area contributed by atoms with E-state index in [1.807, 2.05) is 30.3 Å². The number of amides is 1. The van der Waals surface area contributed by atoms with Crippen LogP contribution in [0.2, 0.25) is 0 Å². The summed E-state index contributed by atoms with van der Waals surface area (Å²) in [5, 5.41) is 2.90. The number of benzene rings is 2. The maximum Gasteiger partial charge on any atom is 0.224 e. The molecule has 6 nitrogen and oxygen atoms in total. The number of morpholine rings is 1. The molecule has 2 aromatic carbocycles. The number of pyridine rings is 1. The van der Waals surface area contributed by atoms with Crippen LogP contribution in [0.5, 0.6) is 5.75 Å². The molecule has 0 bridgehead atoms. The van der Waals surface area contributed by atoms with Gasteiger partial charge in [-0.25, -0.2) is 4.39 Å². The Morgan fingerprint density at radius 1 is 1.06 bits per heavy atom. The molecule has 4 rings (SSSR count). The van der Waals surface area contributed by atoms with Gasteiger partial charge < -0.3 is 14.8 Å². The second kappa shape index (κ2) is 11.5. The van der Waals surface area contributed by atoms with Gasteiger partial charge in [0.25, 0.3) is 0 Å². The zero-order chi connectivity index (χ0) is 22.9. The smallest absolute Gasteiger partial charge is 0.224 e. The highest BCUT2D eigenvalue weighted by Gasteiger charge is 2.12. The Hall–Kier alpha value is -3.29. The number of carbonyl (C=O) groups excluding carboxylic acids is 1. The number of aromatic nitrogens is 1. The van der Waals surface area contributed by atoms with Gasteiger partial charge in [-0.2, -0.15) is 0 Å². The van der Waals surface area contributed by atoms with Gasteiger partial charge in [-0.1, -0.05) is 36.4 Å². The number of ether oxygens (including phenoxy) is 2. The van der Waals surface area contributed by atoms with Crippen LogP contribution in [-0.4, -0.2) is 55.2 Å². The highest BCUT2D eigenvalue weighted by atomic mass is 19.1. The fourth-order valence-electron chi connectivity index (χ4n) is 3.64. The van der Waals surface area contributed by atoms with Crippen LogP contribution >= 0.6 is 0 Å². The van der Waals surface area contributed by atoms with E-state index in [1.165, 1.54) is 6.07 Å². The van der Waals surface area contributed by atoms with Crippen molar-refractivity contribution in [1.29, 1.82) is 0 Å². The molecule has 0 unspecified atom stereocenters. The topological polar surface area (TPSA) is 63.7 Å². The van der Waals surface area contributed by atoms with E-state index in [1.54, 1.807) is 30.5 Å². The molecule has 172 valence electrons. The minimum absolute atomic E-state index is 0.0850. The lowest BCUT2D eigenvalue weighted by Crippen LogP contribution is -2.38. The quantitative estimate of drug-likeness (QED) is 0.542. The van der Waals surface area contributed by atoms with Crippen molar-refractivity contribution in [2.75, 3.05) is 39.5 Å². The van der Waals surface area contributed by atoms with E-state index >= 15 is 0 Å². The molecule has 1 amide bonds. The minimum Gasteiger partial charge on any atom is -0.492 e. The number of nitrogens with one attached hydrogen (secondary N) is 1. The van der Waals surface area contributed by atoms with Gasteiger partial charge in [0.15, 0.2) is 0 Å². The molecule has 7 heteroatoms. The van der Waals surface area contributed by atoms with Crippen molar-refractivity contribution in [3.8, 4) is 17.0 Å². The molecule has 0 saturated carbocycles. The molecule has 3 aromatic rings. The van der Waals surface area contributed by atoms with Crippen LogP contribution in [0.4, 0.5) is 4.39 Å². The van der Waals surface area contributed by atoms with E-state index < -0.39 is 0 Å². The lowest BCUT2D eigenvalue weighted by atomic mass is 10.1. The third kappa shape index (κ3) is 6.84. The zero-order valence-corrected chi connectivity index (χ0v) is 18.5. The van der Waals surface area contributed by atoms with Crippen LogP contribution in [0.25, 0.3) is 11.3 Å². The van der Waals surface area contributed by atoms with Crippen LogP contribution in [0, 0.1) is 5.82 Å². The molecule has 2 heterocycles. The molecule has 1 aliphatic rings. The van der Waals surface area contributed by atoms with Crippen molar-refractivity contribution in [2.24, 2.45) is 0 Å². The predicted octanol–water partition coefficient (Wildman–Crippen LogP) is 3.46. The van der Waals surface area contributed by atoms with Gasteiger partial charge >= 0.3 is 0 Å². The summed E-state index contributed by atoms with van der Waals surface area (Å²) in [4.78, 5) is 18.8. The summed E-state index contributed by atoms with van der Waals surface area (Å²) in [5.74, 6) is 0.0223. The summed E-state index contributed by atoms with van der Waals surface area (Å²) < 4.78 is 25.7. The van der Waals surface area contributed by atoms with Gasteiger partial charge in [-0.05, 0) is 29.3 Å². The summed E-state index contributed by atoms with van der Waals surface area (Å²) in [5.41, 5.74) is 2.73. The molecule has 1 aromatic heterocycles. The Kier molecular flexibility index (Phi) is 8.00. The molecule has 33 heavy (non-hydrogen) atoms. The maximum atomic E-state index is 14.7. The number of hydrogen-bond donors (Lipinski definition) is 1. The van der Waals surface area contributed by atoms with Crippen molar-refractivity contribution >= 4 is 5.91 Å². The molecule has 1 N–H and O–H groups in total.